The number of ether oxygens (including phenoxy) is 1. The number of carbonyl (C=O) groups is 1. The van der Waals surface area contributed by atoms with Gasteiger partial charge in [0.2, 0.25) is 5.91 Å². The molecule has 1 amide bonds. The van der Waals surface area contributed by atoms with Crippen LogP contribution in [-0.4, -0.2) is 35.9 Å². The summed E-state index contributed by atoms with van der Waals surface area (Å²) in [6.45, 7) is 7.78. The first-order chi connectivity index (χ1) is 15.9. The van der Waals surface area contributed by atoms with Gasteiger partial charge in [0.25, 0.3) is 0 Å². The van der Waals surface area contributed by atoms with Crippen molar-refractivity contribution in [1.82, 2.24) is 5.32 Å². The van der Waals surface area contributed by atoms with Crippen LogP contribution in [-0.2, 0) is 10.2 Å². The van der Waals surface area contributed by atoms with E-state index in [4.69, 9.17) is 9.84 Å². The number of nitrogens with one attached hydrogen (secondary N) is 1. The fourth-order valence-electron chi connectivity index (χ4n) is 4.12. The Morgan fingerprint density at radius 1 is 0.909 bits per heavy atom. The van der Waals surface area contributed by atoms with E-state index in [9.17, 15) is 9.90 Å². The maximum absolute atomic E-state index is 11.4. The van der Waals surface area contributed by atoms with Crippen molar-refractivity contribution in [2.75, 3.05) is 19.8 Å². The zero-order chi connectivity index (χ0) is 24.4. The summed E-state index contributed by atoms with van der Waals surface area (Å²) >= 11 is 0. The van der Waals surface area contributed by atoms with Gasteiger partial charge in [-0.2, -0.15) is 0 Å². The third-order valence-electron chi connectivity index (χ3n) is 6.33. The summed E-state index contributed by atoms with van der Waals surface area (Å²) in [5.41, 5.74) is 1.19. The first-order valence-electron chi connectivity index (χ1n) is 13.2. The van der Waals surface area contributed by atoms with Gasteiger partial charge in [0.05, 0.1) is 13.2 Å². The fourth-order valence-corrected chi connectivity index (χ4v) is 4.12. The van der Waals surface area contributed by atoms with Crippen molar-refractivity contribution < 1.29 is 19.7 Å². The highest BCUT2D eigenvalue weighted by atomic mass is 16.5. The summed E-state index contributed by atoms with van der Waals surface area (Å²) in [6.07, 6.45) is 15.7. The molecule has 0 fully saturated rings. The quantitative estimate of drug-likeness (QED) is 0.189. The van der Waals surface area contributed by atoms with E-state index < -0.39 is 0 Å². The molecule has 1 rings (SSSR count). The minimum Gasteiger partial charge on any atom is -0.508 e. The van der Waals surface area contributed by atoms with Crippen LogP contribution in [0.2, 0.25) is 0 Å². The van der Waals surface area contributed by atoms with Crippen molar-refractivity contribution >= 4 is 5.91 Å². The second kappa shape index (κ2) is 17.7. The number of benzene rings is 1. The van der Waals surface area contributed by atoms with Crippen molar-refractivity contribution in [2.24, 2.45) is 0 Å². The van der Waals surface area contributed by atoms with Crippen LogP contribution in [0, 0.1) is 0 Å². The average molecular weight is 464 g/mol. The maximum atomic E-state index is 11.4. The van der Waals surface area contributed by atoms with Gasteiger partial charge in [-0.1, -0.05) is 85.0 Å². The molecule has 0 heterocycles. The van der Waals surface area contributed by atoms with Gasteiger partial charge in [0.15, 0.2) is 0 Å². The molecule has 0 aliphatic rings. The second-order valence-corrected chi connectivity index (χ2v) is 9.91. The first kappa shape index (κ1) is 29.3. The number of phenolic OH excluding ortho intramolecular Hbond substituents is 1. The Labute approximate surface area is 202 Å². The molecule has 1 aromatic rings. The Morgan fingerprint density at radius 2 is 1.55 bits per heavy atom. The Balaban J connectivity index is 2.16. The number of rotatable bonds is 20. The highest BCUT2D eigenvalue weighted by molar-refractivity contribution is 5.75. The van der Waals surface area contributed by atoms with Crippen LogP contribution in [0.15, 0.2) is 18.2 Å². The molecular formula is C28H49NO4. The molecule has 0 atom stereocenters. The Hall–Kier alpha value is -1.75. The van der Waals surface area contributed by atoms with Crippen LogP contribution in [0.4, 0.5) is 0 Å². The van der Waals surface area contributed by atoms with E-state index in [1.54, 1.807) is 6.07 Å². The monoisotopic (exact) mass is 463 g/mol. The molecular weight excluding hydrogens is 414 g/mol. The van der Waals surface area contributed by atoms with Gasteiger partial charge in [-0.15, -0.1) is 0 Å². The Morgan fingerprint density at radius 3 is 2.21 bits per heavy atom. The average Bonchev–Trinajstić information content (AvgIpc) is 2.78. The number of unbranched alkanes of at least 4 members (excludes halogenated alkanes) is 10. The van der Waals surface area contributed by atoms with Gasteiger partial charge >= 0.3 is 0 Å². The van der Waals surface area contributed by atoms with Crippen LogP contribution in [0.25, 0.3) is 0 Å². The van der Waals surface area contributed by atoms with Gasteiger partial charge in [-0.05, 0) is 42.4 Å². The van der Waals surface area contributed by atoms with E-state index in [0.717, 1.165) is 43.4 Å². The van der Waals surface area contributed by atoms with Crippen molar-refractivity contribution in [1.29, 1.82) is 0 Å². The largest absolute Gasteiger partial charge is 0.508 e. The van der Waals surface area contributed by atoms with Crippen LogP contribution < -0.4 is 10.1 Å². The summed E-state index contributed by atoms with van der Waals surface area (Å²) in [5.74, 6) is 1.10. The minimum atomic E-state index is 0.00299. The molecule has 0 aliphatic heterocycles. The lowest BCUT2D eigenvalue weighted by atomic mass is 9.80. The maximum Gasteiger partial charge on any atom is 0.220 e. The molecule has 33 heavy (non-hydrogen) atoms. The molecule has 5 heteroatoms. The number of phenols is 1. The van der Waals surface area contributed by atoms with E-state index in [1.165, 1.54) is 51.4 Å². The lowest BCUT2D eigenvalue weighted by Crippen LogP contribution is -2.25. The van der Waals surface area contributed by atoms with Crippen molar-refractivity contribution in [3.8, 4) is 11.5 Å². The van der Waals surface area contributed by atoms with E-state index in [-0.39, 0.29) is 23.7 Å². The highest BCUT2D eigenvalue weighted by Crippen LogP contribution is 2.34. The fraction of sp³-hybridized carbons (Fsp3) is 0.750. The van der Waals surface area contributed by atoms with E-state index in [2.05, 4.69) is 32.2 Å². The van der Waals surface area contributed by atoms with Gasteiger partial charge in [-0.3, -0.25) is 4.79 Å². The lowest BCUT2D eigenvalue weighted by molar-refractivity contribution is -0.121. The van der Waals surface area contributed by atoms with E-state index >= 15 is 0 Å². The summed E-state index contributed by atoms with van der Waals surface area (Å²) in [7, 11) is 0. The molecule has 0 spiro atoms. The third-order valence-corrected chi connectivity index (χ3v) is 6.33. The van der Waals surface area contributed by atoms with Crippen molar-refractivity contribution in [2.45, 2.75) is 116 Å². The molecule has 0 saturated carbocycles. The molecule has 0 aromatic heterocycles. The standard InChI is InChI=1S/C28H49NO4/c1-4-5-6-14-17-28(2,3)24-21-25(31)23-26(22-24)33-20-15-12-10-8-7-9-11-13-16-27(32)29-18-19-30/h21-23,30-31H,4-20H2,1-3H3,(H,29,32). The topological polar surface area (TPSA) is 78.8 Å². The van der Waals surface area contributed by atoms with Crippen LogP contribution >= 0.6 is 0 Å². The molecule has 0 unspecified atom stereocenters. The summed E-state index contributed by atoms with van der Waals surface area (Å²) < 4.78 is 5.96. The molecule has 0 aliphatic carbocycles. The smallest absolute Gasteiger partial charge is 0.220 e. The molecule has 0 bridgehead atoms. The van der Waals surface area contributed by atoms with Gasteiger partial charge in [-0.25, -0.2) is 0 Å². The zero-order valence-corrected chi connectivity index (χ0v) is 21.5. The summed E-state index contributed by atoms with van der Waals surface area (Å²) in [4.78, 5) is 11.4. The van der Waals surface area contributed by atoms with Crippen LogP contribution in [0.5, 0.6) is 11.5 Å². The predicted molar refractivity (Wildman–Crippen MR) is 137 cm³/mol. The SMILES string of the molecule is CCCCCCC(C)(C)c1cc(O)cc(OCCCCCCCCCCC(=O)NCCO)c1. The molecule has 3 N–H and O–H groups in total. The van der Waals surface area contributed by atoms with E-state index in [1.807, 2.05) is 6.07 Å². The van der Waals surface area contributed by atoms with Gasteiger partial charge in [0.1, 0.15) is 11.5 Å². The molecule has 1 aromatic carbocycles. The molecule has 0 saturated heterocycles. The number of carbonyl (C=O) groups excluding carboxylic acids is 1. The zero-order valence-electron chi connectivity index (χ0n) is 21.5. The normalized spacial score (nSPS) is 11.5. The number of aromatic hydroxyl groups is 1. The van der Waals surface area contributed by atoms with Gasteiger partial charge in [0, 0.05) is 19.0 Å². The first-order valence-corrected chi connectivity index (χ1v) is 13.2. The number of aliphatic hydroxyl groups excluding tert-OH is 1. The van der Waals surface area contributed by atoms with Crippen LogP contribution in [0.3, 0.4) is 0 Å². The van der Waals surface area contributed by atoms with E-state index in [0.29, 0.717) is 19.6 Å². The predicted octanol–water partition coefficient (Wildman–Crippen LogP) is 6.64. The molecule has 0 radical (unpaired) electrons. The molecule has 190 valence electrons. The number of aliphatic hydroxyl groups is 1. The van der Waals surface area contributed by atoms with Crippen molar-refractivity contribution in [3.63, 3.8) is 0 Å². The number of hydrogen-bond acceptors (Lipinski definition) is 4. The van der Waals surface area contributed by atoms with Crippen LogP contribution in [0.1, 0.15) is 116 Å². The minimum absolute atomic E-state index is 0.00299. The van der Waals surface area contributed by atoms with Crippen molar-refractivity contribution in [3.05, 3.63) is 23.8 Å². The third kappa shape index (κ3) is 14.2. The number of amides is 1. The Bertz CT molecular complexity index is 645. The summed E-state index contributed by atoms with van der Waals surface area (Å²) in [6, 6.07) is 5.71. The highest BCUT2D eigenvalue weighted by Gasteiger charge is 2.21. The summed E-state index contributed by atoms with van der Waals surface area (Å²) in [5, 5.41) is 21.5. The number of hydrogen-bond donors (Lipinski definition) is 3. The Kier molecular flexibility index (Phi) is 15.7. The second-order valence-electron chi connectivity index (χ2n) is 9.91. The lowest BCUT2D eigenvalue weighted by Gasteiger charge is -2.26. The molecule has 5 nitrogen and oxygen atoms in total. The van der Waals surface area contributed by atoms with Gasteiger partial charge < -0.3 is 20.3 Å².